The van der Waals surface area contributed by atoms with Gasteiger partial charge in [-0.15, -0.1) is 11.3 Å². The van der Waals surface area contributed by atoms with Crippen LogP contribution < -0.4 is 10.3 Å². The molecule has 2 aromatic heterocycles. The molecule has 0 saturated heterocycles. The SMILES string of the molecule is O=c1c2c3c(sc2ncn1C[C@@H](O)COc1ccc(Cl)cc1)CCC3. The number of ether oxygens (including phenoxy) is 1. The second-order valence-corrected chi connectivity index (χ2v) is 7.68. The summed E-state index contributed by atoms with van der Waals surface area (Å²) in [5.74, 6) is 0.625. The fourth-order valence-electron chi connectivity index (χ4n) is 3.15. The van der Waals surface area contributed by atoms with E-state index in [0.29, 0.717) is 10.8 Å². The van der Waals surface area contributed by atoms with E-state index in [1.165, 1.54) is 15.8 Å². The van der Waals surface area contributed by atoms with Crippen molar-refractivity contribution in [3.8, 4) is 5.75 Å². The average Bonchev–Trinajstić information content (AvgIpc) is 3.18. The number of hydrogen-bond acceptors (Lipinski definition) is 5. The quantitative estimate of drug-likeness (QED) is 0.743. The number of nitrogens with zero attached hydrogens (tertiary/aromatic N) is 2. The topological polar surface area (TPSA) is 64.4 Å². The molecule has 0 fully saturated rings. The van der Waals surface area contributed by atoms with Crippen LogP contribution in [0, 0.1) is 0 Å². The standard InChI is InChI=1S/C18H17ClN2O3S/c19-11-4-6-13(7-5-11)24-9-12(22)8-21-10-20-17-16(18(21)23)14-2-1-3-15(14)25-17/h4-7,10,12,22H,1-3,8-9H2/t12-/m1/s1. The maximum absolute atomic E-state index is 12.8. The first-order valence-electron chi connectivity index (χ1n) is 8.18. The Balaban J connectivity index is 1.49. The lowest BCUT2D eigenvalue weighted by molar-refractivity contribution is 0.0915. The summed E-state index contributed by atoms with van der Waals surface area (Å²) in [6.45, 7) is 0.244. The van der Waals surface area contributed by atoms with Crippen molar-refractivity contribution in [1.82, 2.24) is 9.55 Å². The van der Waals surface area contributed by atoms with E-state index in [-0.39, 0.29) is 18.7 Å². The van der Waals surface area contributed by atoms with Crippen molar-refractivity contribution >= 4 is 33.2 Å². The van der Waals surface area contributed by atoms with E-state index in [1.54, 1.807) is 35.6 Å². The van der Waals surface area contributed by atoms with Crippen LogP contribution in [-0.4, -0.2) is 27.4 Å². The molecule has 3 aromatic rings. The summed E-state index contributed by atoms with van der Waals surface area (Å²) in [5, 5.41) is 11.6. The summed E-state index contributed by atoms with van der Waals surface area (Å²) in [6, 6.07) is 6.93. The van der Waals surface area contributed by atoms with Crippen molar-refractivity contribution in [2.75, 3.05) is 6.61 Å². The molecule has 2 heterocycles. The second-order valence-electron chi connectivity index (χ2n) is 6.16. The fourth-order valence-corrected chi connectivity index (χ4v) is 4.50. The maximum Gasteiger partial charge on any atom is 0.262 e. The number of hydrogen-bond donors (Lipinski definition) is 1. The van der Waals surface area contributed by atoms with Crippen LogP contribution in [0.5, 0.6) is 5.75 Å². The van der Waals surface area contributed by atoms with Gasteiger partial charge >= 0.3 is 0 Å². The Labute approximate surface area is 153 Å². The molecule has 25 heavy (non-hydrogen) atoms. The number of aliphatic hydroxyl groups is 1. The Bertz CT molecular complexity index is 965. The van der Waals surface area contributed by atoms with Crippen molar-refractivity contribution < 1.29 is 9.84 Å². The van der Waals surface area contributed by atoms with Crippen LogP contribution in [0.25, 0.3) is 10.2 Å². The largest absolute Gasteiger partial charge is 0.491 e. The van der Waals surface area contributed by atoms with Crippen molar-refractivity contribution in [1.29, 1.82) is 0 Å². The van der Waals surface area contributed by atoms with E-state index in [2.05, 4.69) is 4.98 Å². The highest BCUT2D eigenvalue weighted by molar-refractivity contribution is 7.18. The van der Waals surface area contributed by atoms with E-state index in [0.717, 1.165) is 35.0 Å². The molecular formula is C18H17ClN2O3S. The number of rotatable bonds is 5. The van der Waals surface area contributed by atoms with E-state index < -0.39 is 6.10 Å². The summed E-state index contributed by atoms with van der Waals surface area (Å²) in [7, 11) is 0. The predicted octanol–water partition coefficient (Wildman–Crippen LogP) is 3.04. The molecule has 0 amide bonds. The summed E-state index contributed by atoms with van der Waals surface area (Å²) in [6.07, 6.45) is 3.79. The fraction of sp³-hybridized carbons (Fsp3) is 0.333. The van der Waals surface area contributed by atoms with Gasteiger partial charge in [0.05, 0.1) is 18.3 Å². The Kier molecular flexibility index (Phi) is 4.50. The third-order valence-electron chi connectivity index (χ3n) is 4.36. The first-order chi connectivity index (χ1) is 12.1. The highest BCUT2D eigenvalue weighted by Gasteiger charge is 2.21. The molecule has 0 saturated carbocycles. The number of thiophene rings is 1. The summed E-state index contributed by atoms with van der Waals surface area (Å²) < 4.78 is 7.01. The van der Waals surface area contributed by atoms with E-state index >= 15 is 0 Å². The molecule has 1 N–H and O–H groups in total. The lowest BCUT2D eigenvalue weighted by atomic mass is 10.2. The number of benzene rings is 1. The van der Waals surface area contributed by atoms with E-state index in [4.69, 9.17) is 16.3 Å². The Morgan fingerprint density at radius 2 is 2.12 bits per heavy atom. The van der Waals surface area contributed by atoms with Crippen LogP contribution in [0.2, 0.25) is 5.02 Å². The van der Waals surface area contributed by atoms with Crippen LogP contribution >= 0.6 is 22.9 Å². The minimum absolute atomic E-state index is 0.0741. The molecule has 1 aliphatic rings. The molecule has 7 heteroatoms. The van der Waals surface area contributed by atoms with Gasteiger partial charge < -0.3 is 9.84 Å². The maximum atomic E-state index is 12.8. The number of halogens is 1. The van der Waals surface area contributed by atoms with Gasteiger partial charge in [0.1, 0.15) is 23.3 Å². The third kappa shape index (κ3) is 3.29. The Morgan fingerprint density at radius 3 is 2.92 bits per heavy atom. The molecule has 130 valence electrons. The van der Waals surface area contributed by atoms with Gasteiger partial charge in [0.25, 0.3) is 5.56 Å². The highest BCUT2D eigenvalue weighted by Crippen LogP contribution is 2.34. The molecule has 0 radical (unpaired) electrons. The molecule has 1 aromatic carbocycles. The smallest absolute Gasteiger partial charge is 0.262 e. The zero-order valence-corrected chi connectivity index (χ0v) is 15.0. The molecular weight excluding hydrogens is 360 g/mol. The van der Waals surface area contributed by atoms with Crippen molar-refractivity contribution in [2.45, 2.75) is 31.9 Å². The van der Waals surface area contributed by atoms with Crippen molar-refractivity contribution in [2.24, 2.45) is 0 Å². The van der Waals surface area contributed by atoms with Gasteiger partial charge in [-0.1, -0.05) is 11.6 Å². The zero-order valence-electron chi connectivity index (χ0n) is 13.4. The molecule has 4 rings (SSSR count). The minimum Gasteiger partial charge on any atom is -0.491 e. The van der Waals surface area contributed by atoms with Gasteiger partial charge in [-0.25, -0.2) is 4.98 Å². The molecule has 0 unspecified atom stereocenters. The summed E-state index contributed by atoms with van der Waals surface area (Å²) in [5.41, 5.74) is 1.08. The zero-order chi connectivity index (χ0) is 17.4. The molecule has 1 atom stereocenters. The van der Waals surface area contributed by atoms with Crippen molar-refractivity contribution in [3.63, 3.8) is 0 Å². The third-order valence-corrected chi connectivity index (χ3v) is 5.81. The normalized spacial score (nSPS) is 14.6. The molecule has 0 spiro atoms. The molecule has 0 aliphatic heterocycles. The number of aryl methyl sites for hydroxylation is 2. The van der Waals surface area contributed by atoms with Crippen LogP contribution in [0.3, 0.4) is 0 Å². The van der Waals surface area contributed by atoms with Gasteiger partial charge in [-0.05, 0) is 49.1 Å². The predicted molar refractivity (Wildman–Crippen MR) is 98.9 cm³/mol. The highest BCUT2D eigenvalue weighted by atomic mass is 35.5. The monoisotopic (exact) mass is 376 g/mol. The number of aromatic nitrogens is 2. The second kappa shape index (κ2) is 6.78. The van der Waals surface area contributed by atoms with E-state index in [1.807, 2.05) is 0 Å². The van der Waals surface area contributed by atoms with Gasteiger partial charge in [-0.2, -0.15) is 0 Å². The molecule has 5 nitrogen and oxygen atoms in total. The minimum atomic E-state index is -0.806. The van der Waals surface area contributed by atoms with Gasteiger partial charge in [0, 0.05) is 9.90 Å². The van der Waals surface area contributed by atoms with Gasteiger partial charge in [0.15, 0.2) is 0 Å². The van der Waals surface area contributed by atoms with Gasteiger partial charge in [-0.3, -0.25) is 9.36 Å². The van der Waals surface area contributed by atoms with Crippen LogP contribution in [0.1, 0.15) is 16.9 Å². The average molecular weight is 377 g/mol. The number of fused-ring (bicyclic) bond motifs is 3. The van der Waals surface area contributed by atoms with Gasteiger partial charge in [0.2, 0.25) is 0 Å². The first-order valence-corrected chi connectivity index (χ1v) is 9.37. The molecule has 1 aliphatic carbocycles. The first kappa shape index (κ1) is 16.6. The van der Waals surface area contributed by atoms with Crippen LogP contribution in [0.4, 0.5) is 0 Å². The van der Waals surface area contributed by atoms with Crippen LogP contribution in [0.15, 0.2) is 35.4 Å². The lowest BCUT2D eigenvalue weighted by Crippen LogP contribution is -2.30. The molecule has 0 bridgehead atoms. The van der Waals surface area contributed by atoms with E-state index in [9.17, 15) is 9.90 Å². The summed E-state index contributed by atoms with van der Waals surface area (Å²) in [4.78, 5) is 19.2. The van der Waals surface area contributed by atoms with Crippen molar-refractivity contribution in [3.05, 3.63) is 56.4 Å². The lowest BCUT2D eigenvalue weighted by Gasteiger charge is -2.14. The number of aliphatic hydroxyl groups excluding tert-OH is 1. The Morgan fingerprint density at radius 1 is 1.32 bits per heavy atom. The summed E-state index contributed by atoms with van der Waals surface area (Å²) >= 11 is 7.44. The Hall–Kier alpha value is -1.89. The van der Waals surface area contributed by atoms with Crippen LogP contribution in [-0.2, 0) is 19.4 Å².